The smallest absolute Gasteiger partial charge is 0.293 e. The lowest BCUT2D eigenvalue weighted by atomic mass is 9.85. The van der Waals surface area contributed by atoms with E-state index in [4.69, 9.17) is 26.1 Å². The molecule has 348 valence electrons. The number of rotatable bonds is 12. The van der Waals surface area contributed by atoms with Crippen LogP contribution in [0.1, 0.15) is 116 Å². The second kappa shape index (κ2) is 19.1. The quantitative estimate of drug-likeness (QED) is 0.152. The first-order valence-electron chi connectivity index (χ1n) is 23.2. The van der Waals surface area contributed by atoms with Gasteiger partial charge >= 0.3 is 0 Å². The molecule has 5 aliphatic rings. The Balaban J connectivity index is 0.740. The largest absolute Gasteiger partial charge is 0.478 e. The SMILES string of the molecule is CNC(=O)COc1cc2cc(Nc3nc(N4CCC(O[C@H]5CC[C@H](N6CCC(c7ccc8c(c7)C(=O)N(C7CCC(=O)NC7=O)C8=O)CC6)CC5)CC4)ncc3Cl)ccc2n(C(C)C)c1=O. The standard InChI is InChI=1S/C48H56ClN9O8/c1-27(2)57-38-11-5-31(22-30(38)24-40(47(57)64)65-26-42(60)50-3)52-43-37(49)25-51-48(54-43)56-20-16-34(17-21-56)66-33-8-6-32(7-9-33)55-18-14-28(15-19-55)29-4-10-35-36(23-29)46(63)58(45(35)62)39-12-13-41(59)53-44(39)61/h4-5,10-11,22-25,27-28,32-34,39H,6-9,12-21,26H2,1-3H3,(H,50,60)(H,51,52,54)(H,53,59,61)/t32-,33-,39?. The van der Waals surface area contributed by atoms with Crippen LogP contribution in [0.4, 0.5) is 17.5 Å². The van der Waals surface area contributed by atoms with E-state index >= 15 is 0 Å². The van der Waals surface area contributed by atoms with Gasteiger partial charge in [0.15, 0.2) is 18.2 Å². The van der Waals surface area contributed by atoms with Gasteiger partial charge in [0.25, 0.3) is 23.3 Å². The van der Waals surface area contributed by atoms with Crippen molar-refractivity contribution in [3.8, 4) is 5.75 Å². The summed E-state index contributed by atoms with van der Waals surface area (Å²) < 4.78 is 14.0. The van der Waals surface area contributed by atoms with Crippen LogP contribution in [0.2, 0.25) is 5.02 Å². The van der Waals surface area contributed by atoms with Crippen LogP contribution in [0.15, 0.2) is 53.5 Å². The number of fused-ring (bicyclic) bond motifs is 2. The molecule has 9 rings (SSSR count). The fraction of sp³-hybridized carbons (Fsp3) is 0.500. The first kappa shape index (κ1) is 45.3. The molecule has 2 aromatic carbocycles. The number of benzene rings is 2. The van der Waals surface area contributed by atoms with E-state index in [1.807, 2.05) is 44.2 Å². The van der Waals surface area contributed by atoms with Crippen molar-refractivity contribution in [2.45, 2.75) is 114 Å². The average Bonchev–Trinajstić information content (AvgIpc) is 3.56. The Hall–Kier alpha value is -5.91. The number of aromatic nitrogens is 3. The molecule has 2 aromatic heterocycles. The molecule has 1 aliphatic carbocycles. The van der Waals surface area contributed by atoms with Crippen LogP contribution in [0.5, 0.6) is 5.75 Å². The van der Waals surface area contributed by atoms with Crippen LogP contribution in [0.3, 0.4) is 0 Å². The summed E-state index contributed by atoms with van der Waals surface area (Å²) in [5.74, 6) is -0.842. The number of amides is 5. The minimum absolute atomic E-state index is 0.0903. The third kappa shape index (κ3) is 9.25. The van der Waals surface area contributed by atoms with E-state index in [2.05, 4.69) is 30.7 Å². The zero-order valence-corrected chi connectivity index (χ0v) is 38.3. The summed E-state index contributed by atoms with van der Waals surface area (Å²) in [6.45, 7) is 7.02. The predicted octanol–water partition coefficient (Wildman–Crippen LogP) is 5.47. The normalized spacial score (nSPS) is 22.2. The van der Waals surface area contributed by atoms with Gasteiger partial charge in [-0.1, -0.05) is 17.7 Å². The minimum atomic E-state index is -0.966. The van der Waals surface area contributed by atoms with Crippen molar-refractivity contribution in [2.75, 3.05) is 50.1 Å². The molecule has 3 saturated heterocycles. The number of ether oxygens (including phenoxy) is 2. The zero-order valence-electron chi connectivity index (χ0n) is 37.5. The van der Waals surface area contributed by atoms with Crippen LogP contribution < -0.4 is 31.1 Å². The van der Waals surface area contributed by atoms with Gasteiger partial charge in [0, 0.05) is 49.7 Å². The topological polar surface area (TPSA) is 197 Å². The van der Waals surface area contributed by atoms with Crippen molar-refractivity contribution in [1.29, 1.82) is 0 Å². The molecule has 0 bridgehead atoms. The summed E-state index contributed by atoms with van der Waals surface area (Å²) in [6, 6.07) is 12.2. The fourth-order valence-electron chi connectivity index (χ4n) is 10.3. The summed E-state index contributed by atoms with van der Waals surface area (Å²) in [5.41, 5.74) is 2.85. The van der Waals surface area contributed by atoms with Crippen molar-refractivity contribution in [3.05, 3.63) is 80.7 Å². The monoisotopic (exact) mass is 921 g/mol. The number of nitrogens with zero attached hydrogens (tertiary/aromatic N) is 6. The molecule has 17 nitrogen and oxygen atoms in total. The number of likely N-dealkylation sites (tertiary alicyclic amines) is 1. The summed E-state index contributed by atoms with van der Waals surface area (Å²) in [6.07, 6.45) is 10.2. The Morgan fingerprint density at radius 1 is 0.864 bits per heavy atom. The van der Waals surface area contributed by atoms with Gasteiger partial charge in [-0.15, -0.1) is 0 Å². The Bertz CT molecular complexity index is 2610. The predicted molar refractivity (Wildman–Crippen MR) is 248 cm³/mol. The maximum atomic E-state index is 13.4. The molecular formula is C48H56ClN9O8. The number of carbonyl (C=O) groups is 5. The highest BCUT2D eigenvalue weighted by Gasteiger charge is 2.45. The molecule has 1 atom stereocenters. The van der Waals surface area contributed by atoms with E-state index in [1.165, 1.54) is 7.05 Å². The van der Waals surface area contributed by atoms with E-state index < -0.39 is 23.8 Å². The lowest BCUT2D eigenvalue weighted by Crippen LogP contribution is -2.54. The number of likely N-dealkylation sites (N-methyl/N-ethyl adjacent to an activating group) is 1. The van der Waals surface area contributed by atoms with E-state index in [0.717, 1.165) is 98.9 Å². The van der Waals surface area contributed by atoms with Gasteiger partial charge in [-0.2, -0.15) is 4.98 Å². The summed E-state index contributed by atoms with van der Waals surface area (Å²) >= 11 is 6.61. The molecule has 1 unspecified atom stereocenters. The maximum Gasteiger partial charge on any atom is 0.293 e. The number of hydrogen-bond donors (Lipinski definition) is 3. The first-order chi connectivity index (χ1) is 31.8. The molecule has 0 spiro atoms. The molecule has 66 heavy (non-hydrogen) atoms. The number of anilines is 3. The van der Waals surface area contributed by atoms with Crippen LogP contribution in [0, 0.1) is 0 Å². The third-order valence-corrected chi connectivity index (χ3v) is 14.2. The Labute approximate surface area is 387 Å². The minimum Gasteiger partial charge on any atom is -0.478 e. The Kier molecular flexibility index (Phi) is 13.1. The molecule has 4 aromatic rings. The van der Waals surface area contributed by atoms with Gasteiger partial charge in [-0.3, -0.25) is 39.0 Å². The maximum absolute atomic E-state index is 13.4. The fourth-order valence-corrected chi connectivity index (χ4v) is 10.5. The highest BCUT2D eigenvalue weighted by Crippen LogP contribution is 2.37. The number of halogens is 1. The molecule has 0 radical (unpaired) electrons. The van der Waals surface area contributed by atoms with Crippen molar-refractivity contribution in [2.24, 2.45) is 0 Å². The van der Waals surface area contributed by atoms with E-state index in [9.17, 15) is 28.8 Å². The van der Waals surface area contributed by atoms with E-state index in [0.29, 0.717) is 39.6 Å². The van der Waals surface area contributed by atoms with Gasteiger partial charge in [0.2, 0.25) is 17.8 Å². The molecule has 18 heteroatoms. The van der Waals surface area contributed by atoms with Gasteiger partial charge in [-0.05, 0) is 133 Å². The summed E-state index contributed by atoms with van der Waals surface area (Å²) in [7, 11) is 1.51. The highest BCUT2D eigenvalue weighted by molar-refractivity contribution is 6.33. The molecule has 4 aliphatic heterocycles. The van der Waals surface area contributed by atoms with E-state index in [1.54, 1.807) is 22.9 Å². The van der Waals surface area contributed by atoms with Crippen molar-refractivity contribution < 1.29 is 33.4 Å². The molecule has 5 amide bonds. The molecule has 1 saturated carbocycles. The molecule has 6 heterocycles. The van der Waals surface area contributed by atoms with E-state index in [-0.39, 0.29) is 66.7 Å². The first-order valence-corrected chi connectivity index (χ1v) is 23.5. The number of piperidine rings is 3. The third-order valence-electron chi connectivity index (χ3n) is 13.9. The number of imide groups is 2. The van der Waals surface area contributed by atoms with Gasteiger partial charge in [-0.25, -0.2) is 4.98 Å². The number of pyridine rings is 1. The highest BCUT2D eigenvalue weighted by atomic mass is 35.5. The molecular weight excluding hydrogens is 866 g/mol. The lowest BCUT2D eigenvalue weighted by molar-refractivity contribution is -0.136. The number of hydrogen-bond acceptors (Lipinski definition) is 13. The lowest BCUT2D eigenvalue weighted by Gasteiger charge is -2.42. The van der Waals surface area contributed by atoms with Gasteiger partial charge in [0.1, 0.15) is 11.1 Å². The average molecular weight is 922 g/mol. The van der Waals surface area contributed by atoms with Crippen LogP contribution in [-0.4, -0.2) is 118 Å². The second-order valence-electron chi connectivity index (χ2n) is 18.3. The van der Waals surface area contributed by atoms with Crippen molar-refractivity contribution in [1.82, 2.24) is 35.0 Å². The zero-order chi connectivity index (χ0) is 46.2. The van der Waals surface area contributed by atoms with Gasteiger partial charge < -0.3 is 34.5 Å². The number of nitrogens with one attached hydrogen (secondary N) is 3. The van der Waals surface area contributed by atoms with Crippen LogP contribution in [0.25, 0.3) is 10.9 Å². The molecule has 4 fully saturated rings. The van der Waals surface area contributed by atoms with Crippen molar-refractivity contribution >= 4 is 69.5 Å². The van der Waals surface area contributed by atoms with Crippen LogP contribution >= 0.6 is 11.6 Å². The van der Waals surface area contributed by atoms with Crippen LogP contribution in [-0.2, 0) is 19.1 Å². The summed E-state index contributed by atoms with van der Waals surface area (Å²) in [4.78, 5) is 91.1. The Morgan fingerprint density at radius 3 is 2.30 bits per heavy atom. The summed E-state index contributed by atoms with van der Waals surface area (Å²) in [5, 5.41) is 9.22. The molecule has 3 N–H and O–H groups in total. The Morgan fingerprint density at radius 2 is 1.59 bits per heavy atom. The second-order valence-corrected chi connectivity index (χ2v) is 18.7. The van der Waals surface area contributed by atoms with Gasteiger partial charge in [0.05, 0.1) is 35.0 Å². The van der Waals surface area contributed by atoms with Crippen molar-refractivity contribution in [3.63, 3.8) is 0 Å². The number of carbonyl (C=O) groups excluding carboxylic acids is 5.